The molecule has 0 atom stereocenters. The Morgan fingerprint density at radius 1 is 1.05 bits per heavy atom. The van der Waals surface area contributed by atoms with Gasteiger partial charge in [-0.1, -0.05) is 30.3 Å². The van der Waals surface area contributed by atoms with Gasteiger partial charge in [0.1, 0.15) is 17.8 Å². The van der Waals surface area contributed by atoms with Gasteiger partial charge >= 0.3 is 6.36 Å². The molecule has 37 heavy (non-hydrogen) atoms. The van der Waals surface area contributed by atoms with E-state index in [1.165, 1.54) is 35.3 Å². The van der Waals surface area contributed by atoms with Gasteiger partial charge in [-0.05, 0) is 66.7 Å². The Balaban J connectivity index is 1.35. The summed E-state index contributed by atoms with van der Waals surface area (Å²) in [4.78, 5) is 4.28. The van der Waals surface area contributed by atoms with E-state index in [0.717, 1.165) is 22.4 Å². The number of aryl methyl sites for hydroxylation is 1. The maximum absolute atomic E-state index is 12.3. The molecule has 190 valence electrons. The maximum Gasteiger partial charge on any atom is 0.573 e. The molecule has 0 saturated carbocycles. The second-order valence-electron chi connectivity index (χ2n) is 7.70. The number of hydrazone groups is 1. The van der Waals surface area contributed by atoms with Gasteiger partial charge in [-0.15, -0.1) is 18.3 Å². The number of alkyl halides is 3. The van der Waals surface area contributed by atoms with Crippen LogP contribution >= 0.6 is 12.2 Å². The Morgan fingerprint density at radius 3 is 2.46 bits per heavy atom. The van der Waals surface area contributed by atoms with Crippen LogP contribution in [0, 0.1) is 6.92 Å². The third-order valence-electron chi connectivity index (χ3n) is 4.98. The zero-order valence-corrected chi connectivity index (χ0v) is 20.5. The van der Waals surface area contributed by atoms with Gasteiger partial charge < -0.3 is 14.8 Å². The fourth-order valence-electron chi connectivity index (χ4n) is 3.27. The molecule has 2 N–H and O–H groups in total. The highest BCUT2D eigenvalue weighted by atomic mass is 32.1. The number of nitrogens with zero attached hydrogens (tertiary/aromatic N) is 4. The van der Waals surface area contributed by atoms with Gasteiger partial charge in [-0.2, -0.15) is 5.10 Å². The maximum atomic E-state index is 12.3. The summed E-state index contributed by atoms with van der Waals surface area (Å²) in [6.45, 7) is 1.97. The molecular formula is C25H21F3N6O2S. The van der Waals surface area contributed by atoms with Crippen molar-refractivity contribution in [3.63, 3.8) is 0 Å². The van der Waals surface area contributed by atoms with E-state index in [9.17, 15) is 13.2 Å². The first-order valence-electron chi connectivity index (χ1n) is 10.8. The van der Waals surface area contributed by atoms with Crippen LogP contribution in [0.4, 0.5) is 18.9 Å². The molecule has 4 aromatic rings. The zero-order chi connectivity index (χ0) is 26.4. The topological polar surface area (TPSA) is 85.6 Å². The number of hydrogen-bond donors (Lipinski definition) is 2. The number of aromatic nitrogens is 3. The van der Waals surface area contributed by atoms with Gasteiger partial charge in [0.05, 0.1) is 24.7 Å². The standard InChI is InChI=1S/C25H21F3N6O2S/c1-16-3-12-22(35-2)21(13-16)31-24(37)32-30-14-17-4-6-18(7-5-17)23-29-15-34(33-23)19-8-10-20(11-9-19)36-25(26,27)28/h3-15H,1-2H3,(H2,31,32,37)/b30-14+. The third-order valence-corrected chi connectivity index (χ3v) is 5.17. The number of methoxy groups -OCH3 is 1. The lowest BCUT2D eigenvalue weighted by Gasteiger charge is -2.12. The molecule has 12 heteroatoms. The highest BCUT2D eigenvalue weighted by Gasteiger charge is 2.31. The summed E-state index contributed by atoms with van der Waals surface area (Å²) >= 11 is 5.29. The van der Waals surface area contributed by atoms with Crippen LogP contribution in [0.5, 0.6) is 11.5 Å². The van der Waals surface area contributed by atoms with Crippen LogP contribution < -0.4 is 20.2 Å². The normalized spacial score (nSPS) is 11.4. The number of hydrogen-bond acceptors (Lipinski definition) is 6. The SMILES string of the molecule is COc1ccc(C)cc1NC(=S)N/N=C/c1ccc(-c2ncn(-c3ccc(OC(F)(F)F)cc3)n2)cc1. The van der Waals surface area contributed by atoms with Gasteiger partial charge in [-0.25, -0.2) is 9.67 Å². The lowest BCUT2D eigenvalue weighted by molar-refractivity contribution is -0.274. The largest absolute Gasteiger partial charge is 0.573 e. The van der Waals surface area contributed by atoms with Gasteiger partial charge in [0, 0.05) is 5.56 Å². The number of halogens is 3. The predicted molar refractivity (Wildman–Crippen MR) is 138 cm³/mol. The van der Waals surface area contributed by atoms with E-state index in [2.05, 4.69) is 30.7 Å². The van der Waals surface area contributed by atoms with Crippen molar-refractivity contribution in [3.8, 4) is 28.6 Å². The van der Waals surface area contributed by atoms with Gasteiger partial charge in [0.25, 0.3) is 0 Å². The monoisotopic (exact) mass is 526 g/mol. The lowest BCUT2D eigenvalue weighted by Crippen LogP contribution is -2.24. The van der Waals surface area contributed by atoms with E-state index < -0.39 is 6.36 Å². The second kappa shape index (κ2) is 11.1. The first-order valence-corrected chi connectivity index (χ1v) is 11.2. The molecule has 0 radical (unpaired) electrons. The van der Waals surface area contributed by atoms with Crippen LogP contribution in [0.3, 0.4) is 0 Å². The molecule has 0 saturated heterocycles. The average Bonchev–Trinajstić information content (AvgIpc) is 3.34. The van der Waals surface area contributed by atoms with Crippen LogP contribution in [-0.4, -0.2) is 39.6 Å². The van der Waals surface area contributed by atoms with E-state index in [1.54, 1.807) is 13.3 Å². The Kier molecular flexibility index (Phi) is 7.68. The Morgan fingerprint density at radius 2 is 1.78 bits per heavy atom. The first kappa shape index (κ1) is 25.6. The molecule has 0 aliphatic carbocycles. The minimum absolute atomic E-state index is 0.310. The fraction of sp³-hybridized carbons (Fsp3) is 0.120. The summed E-state index contributed by atoms with van der Waals surface area (Å²) in [6.07, 6.45) is -1.65. The second-order valence-corrected chi connectivity index (χ2v) is 8.11. The Hall–Kier alpha value is -4.45. The van der Waals surface area contributed by atoms with Crippen LogP contribution in [-0.2, 0) is 0 Å². The minimum Gasteiger partial charge on any atom is -0.495 e. The smallest absolute Gasteiger partial charge is 0.495 e. The Bertz CT molecular complexity index is 1400. The number of rotatable bonds is 7. The molecule has 1 heterocycles. The molecule has 0 unspecified atom stereocenters. The van der Waals surface area contributed by atoms with Crippen molar-refractivity contribution in [1.82, 2.24) is 20.2 Å². The zero-order valence-electron chi connectivity index (χ0n) is 19.7. The molecular weight excluding hydrogens is 505 g/mol. The van der Waals surface area contributed by atoms with E-state index in [-0.39, 0.29) is 5.75 Å². The van der Waals surface area contributed by atoms with Crippen molar-refractivity contribution >= 4 is 29.2 Å². The van der Waals surface area contributed by atoms with E-state index in [4.69, 9.17) is 17.0 Å². The molecule has 1 aromatic heterocycles. The van der Waals surface area contributed by atoms with Crippen LogP contribution in [0.2, 0.25) is 0 Å². The van der Waals surface area contributed by atoms with Gasteiger partial charge in [0.2, 0.25) is 0 Å². The van der Waals surface area contributed by atoms with Crippen LogP contribution in [0.15, 0.2) is 78.2 Å². The summed E-state index contributed by atoms with van der Waals surface area (Å²) in [5.74, 6) is 0.808. The van der Waals surface area contributed by atoms with Gasteiger partial charge in [0.15, 0.2) is 10.9 Å². The fourth-order valence-corrected chi connectivity index (χ4v) is 3.44. The predicted octanol–water partition coefficient (Wildman–Crippen LogP) is 5.47. The molecule has 0 bridgehead atoms. The molecule has 0 spiro atoms. The van der Waals surface area contributed by atoms with Crippen LogP contribution in [0.25, 0.3) is 17.1 Å². The highest BCUT2D eigenvalue weighted by molar-refractivity contribution is 7.80. The van der Waals surface area contributed by atoms with E-state index in [0.29, 0.717) is 22.4 Å². The minimum atomic E-state index is -4.74. The van der Waals surface area contributed by atoms with E-state index >= 15 is 0 Å². The molecule has 4 rings (SSSR count). The number of thiocarbonyl (C=S) groups is 1. The summed E-state index contributed by atoms with van der Waals surface area (Å²) < 4.78 is 47.7. The quantitative estimate of drug-likeness (QED) is 0.188. The Labute approximate surface area is 215 Å². The molecule has 0 aliphatic heterocycles. The summed E-state index contributed by atoms with van der Waals surface area (Å²) in [7, 11) is 1.59. The van der Waals surface area contributed by atoms with Crippen molar-refractivity contribution in [2.45, 2.75) is 13.3 Å². The van der Waals surface area contributed by atoms with Gasteiger partial charge in [-0.3, -0.25) is 5.43 Å². The summed E-state index contributed by atoms with van der Waals surface area (Å²) in [5, 5.41) is 11.9. The lowest BCUT2D eigenvalue weighted by atomic mass is 10.1. The summed E-state index contributed by atoms with van der Waals surface area (Å²) in [5.41, 5.74) is 6.66. The molecule has 8 nitrogen and oxygen atoms in total. The summed E-state index contributed by atoms with van der Waals surface area (Å²) in [6, 6.07) is 18.4. The third kappa shape index (κ3) is 7.04. The number of benzene rings is 3. The number of ether oxygens (including phenoxy) is 2. The molecule has 0 aliphatic rings. The van der Waals surface area contributed by atoms with E-state index in [1.807, 2.05) is 49.4 Å². The number of nitrogens with one attached hydrogen (secondary N) is 2. The van der Waals surface area contributed by atoms with Crippen molar-refractivity contribution in [3.05, 3.63) is 84.2 Å². The van der Waals surface area contributed by atoms with Crippen molar-refractivity contribution in [2.24, 2.45) is 5.10 Å². The molecule has 3 aromatic carbocycles. The van der Waals surface area contributed by atoms with Crippen molar-refractivity contribution in [1.29, 1.82) is 0 Å². The van der Waals surface area contributed by atoms with Crippen molar-refractivity contribution < 1.29 is 22.6 Å². The average molecular weight is 527 g/mol. The first-order chi connectivity index (χ1) is 17.7. The number of anilines is 1. The highest BCUT2D eigenvalue weighted by Crippen LogP contribution is 2.25. The molecule has 0 amide bonds. The van der Waals surface area contributed by atoms with Crippen molar-refractivity contribution in [2.75, 3.05) is 12.4 Å². The molecule has 0 fully saturated rings. The van der Waals surface area contributed by atoms with Crippen LogP contribution in [0.1, 0.15) is 11.1 Å².